The van der Waals surface area contributed by atoms with Gasteiger partial charge in [-0.05, 0) is 30.3 Å². The Morgan fingerprint density at radius 2 is 1.74 bits per heavy atom. The number of phenolic OH excluding ortho intramolecular Hbond substituents is 2. The van der Waals surface area contributed by atoms with E-state index < -0.39 is 11.7 Å². The van der Waals surface area contributed by atoms with E-state index in [1.165, 1.54) is 12.1 Å². The zero-order chi connectivity index (χ0) is 14.0. The largest absolute Gasteiger partial charge is 0.508 e. The van der Waals surface area contributed by atoms with Crippen LogP contribution >= 0.6 is 11.6 Å². The van der Waals surface area contributed by atoms with Crippen LogP contribution in [0.25, 0.3) is 0 Å². The van der Waals surface area contributed by atoms with Gasteiger partial charge in [0.15, 0.2) is 0 Å². The van der Waals surface area contributed by atoms with E-state index in [-0.39, 0.29) is 27.8 Å². The number of amides is 1. The molecule has 0 saturated heterocycles. The van der Waals surface area contributed by atoms with E-state index in [2.05, 4.69) is 5.32 Å². The Balaban J connectivity index is 2.28. The molecule has 2 aromatic carbocycles. The maximum absolute atomic E-state index is 13.4. The van der Waals surface area contributed by atoms with Crippen LogP contribution in [0.2, 0.25) is 5.02 Å². The Hall–Kier alpha value is -2.27. The summed E-state index contributed by atoms with van der Waals surface area (Å²) >= 11 is 5.70. The number of hydrogen-bond acceptors (Lipinski definition) is 3. The summed E-state index contributed by atoms with van der Waals surface area (Å²) in [5.74, 6) is -1.84. The Labute approximate surface area is 113 Å². The van der Waals surface area contributed by atoms with Crippen molar-refractivity contribution in [3.8, 4) is 11.5 Å². The second-order valence-electron chi connectivity index (χ2n) is 3.82. The molecular formula is C13H9ClFNO3. The highest BCUT2D eigenvalue weighted by atomic mass is 35.5. The second-order valence-corrected chi connectivity index (χ2v) is 4.25. The number of carbonyl (C=O) groups is 1. The van der Waals surface area contributed by atoms with E-state index in [4.69, 9.17) is 11.6 Å². The van der Waals surface area contributed by atoms with Crippen molar-refractivity contribution in [3.63, 3.8) is 0 Å². The smallest absolute Gasteiger partial charge is 0.256 e. The van der Waals surface area contributed by atoms with Crippen molar-refractivity contribution in [2.24, 2.45) is 0 Å². The summed E-state index contributed by atoms with van der Waals surface area (Å²) in [6.07, 6.45) is 0. The first-order valence-corrected chi connectivity index (χ1v) is 5.63. The van der Waals surface area contributed by atoms with Gasteiger partial charge in [0.2, 0.25) is 0 Å². The molecule has 3 N–H and O–H groups in total. The van der Waals surface area contributed by atoms with E-state index in [0.717, 1.165) is 24.3 Å². The first-order valence-electron chi connectivity index (χ1n) is 5.25. The van der Waals surface area contributed by atoms with Crippen molar-refractivity contribution >= 4 is 23.2 Å². The lowest BCUT2D eigenvalue weighted by molar-refractivity contribution is 0.102. The molecule has 0 aliphatic rings. The van der Waals surface area contributed by atoms with Crippen LogP contribution in [-0.2, 0) is 0 Å². The third-order valence-electron chi connectivity index (χ3n) is 2.34. The molecule has 6 heteroatoms. The quantitative estimate of drug-likeness (QED) is 0.792. The molecule has 0 aromatic heterocycles. The molecule has 98 valence electrons. The number of aromatic hydroxyl groups is 2. The maximum atomic E-state index is 13.4. The fourth-order valence-electron chi connectivity index (χ4n) is 1.51. The number of halogens is 2. The molecule has 4 nitrogen and oxygen atoms in total. The summed E-state index contributed by atoms with van der Waals surface area (Å²) < 4.78 is 13.4. The molecule has 0 aliphatic heterocycles. The Bertz CT molecular complexity index is 626. The minimum absolute atomic E-state index is 0.00289. The van der Waals surface area contributed by atoms with Crippen molar-refractivity contribution in [2.75, 3.05) is 5.32 Å². The van der Waals surface area contributed by atoms with Gasteiger partial charge in [0.05, 0.1) is 5.69 Å². The average Bonchev–Trinajstić information content (AvgIpc) is 2.32. The van der Waals surface area contributed by atoms with Gasteiger partial charge < -0.3 is 15.5 Å². The molecule has 0 heterocycles. The van der Waals surface area contributed by atoms with Crippen LogP contribution in [0.15, 0.2) is 36.4 Å². The second kappa shape index (κ2) is 5.16. The van der Waals surface area contributed by atoms with Gasteiger partial charge in [-0.25, -0.2) is 4.39 Å². The monoisotopic (exact) mass is 281 g/mol. The van der Waals surface area contributed by atoms with Gasteiger partial charge in [0.25, 0.3) is 5.91 Å². The predicted octanol–water partition coefficient (Wildman–Crippen LogP) is 3.14. The fourth-order valence-corrected chi connectivity index (χ4v) is 1.69. The predicted molar refractivity (Wildman–Crippen MR) is 69.1 cm³/mol. The molecule has 0 unspecified atom stereocenters. The lowest BCUT2D eigenvalue weighted by Crippen LogP contribution is -2.12. The van der Waals surface area contributed by atoms with E-state index in [1.807, 2.05) is 0 Å². The average molecular weight is 282 g/mol. The molecule has 0 bridgehead atoms. The van der Waals surface area contributed by atoms with Gasteiger partial charge in [0.1, 0.15) is 17.3 Å². The van der Waals surface area contributed by atoms with E-state index in [0.29, 0.717) is 0 Å². The van der Waals surface area contributed by atoms with Crippen LogP contribution in [0.4, 0.5) is 10.1 Å². The van der Waals surface area contributed by atoms with Gasteiger partial charge in [-0.2, -0.15) is 0 Å². The van der Waals surface area contributed by atoms with Gasteiger partial charge in [-0.1, -0.05) is 11.6 Å². The Morgan fingerprint density at radius 3 is 2.37 bits per heavy atom. The molecule has 0 fully saturated rings. The molecule has 19 heavy (non-hydrogen) atoms. The van der Waals surface area contributed by atoms with Gasteiger partial charge in [0, 0.05) is 16.7 Å². The molecular weight excluding hydrogens is 273 g/mol. The first-order chi connectivity index (χ1) is 8.95. The summed E-state index contributed by atoms with van der Waals surface area (Å²) in [7, 11) is 0. The topological polar surface area (TPSA) is 69.6 Å². The summed E-state index contributed by atoms with van der Waals surface area (Å²) in [4.78, 5) is 11.8. The number of hydrogen-bond donors (Lipinski definition) is 3. The van der Waals surface area contributed by atoms with Gasteiger partial charge >= 0.3 is 0 Å². The van der Waals surface area contributed by atoms with Crippen molar-refractivity contribution in [2.45, 2.75) is 0 Å². The lowest BCUT2D eigenvalue weighted by Gasteiger charge is -2.07. The minimum atomic E-state index is -0.674. The van der Waals surface area contributed by atoms with E-state index in [9.17, 15) is 19.4 Å². The SMILES string of the molecule is O=C(Nc1cc(Cl)ccc1F)c1cc(O)cc(O)c1. The number of benzene rings is 2. The molecule has 1 amide bonds. The normalized spacial score (nSPS) is 10.2. The standard InChI is InChI=1S/C13H9ClFNO3/c14-8-1-2-11(15)12(5-8)16-13(19)7-3-9(17)6-10(18)4-7/h1-6,17-18H,(H,16,19). The highest BCUT2D eigenvalue weighted by molar-refractivity contribution is 6.31. The van der Waals surface area contributed by atoms with Gasteiger partial charge in [-0.15, -0.1) is 0 Å². The molecule has 0 saturated carbocycles. The third-order valence-corrected chi connectivity index (χ3v) is 2.58. The summed E-state index contributed by atoms with van der Waals surface area (Å²) in [5.41, 5.74) is -0.0859. The molecule has 0 aliphatic carbocycles. The van der Waals surface area contributed by atoms with Crippen LogP contribution < -0.4 is 5.32 Å². The highest BCUT2D eigenvalue weighted by Gasteiger charge is 2.11. The van der Waals surface area contributed by atoms with Crippen molar-refractivity contribution in [1.82, 2.24) is 0 Å². The lowest BCUT2D eigenvalue weighted by atomic mass is 10.2. The number of phenols is 2. The van der Waals surface area contributed by atoms with Crippen LogP contribution in [0.1, 0.15) is 10.4 Å². The zero-order valence-electron chi connectivity index (χ0n) is 9.52. The first kappa shape index (κ1) is 13.2. The number of rotatable bonds is 2. The molecule has 2 aromatic rings. The number of carbonyl (C=O) groups excluding carboxylic acids is 1. The third kappa shape index (κ3) is 3.14. The summed E-state index contributed by atoms with van der Waals surface area (Å²) in [6, 6.07) is 7.12. The summed E-state index contributed by atoms with van der Waals surface area (Å²) in [5, 5.41) is 21.1. The Kier molecular flexibility index (Phi) is 3.57. The Morgan fingerprint density at radius 1 is 1.11 bits per heavy atom. The van der Waals surface area contributed by atoms with Crippen LogP contribution in [0, 0.1) is 5.82 Å². The van der Waals surface area contributed by atoms with Crippen molar-refractivity contribution in [1.29, 1.82) is 0 Å². The van der Waals surface area contributed by atoms with Crippen LogP contribution in [-0.4, -0.2) is 16.1 Å². The van der Waals surface area contributed by atoms with Gasteiger partial charge in [-0.3, -0.25) is 4.79 Å². The molecule has 0 radical (unpaired) electrons. The van der Waals surface area contributed by atoms with Crippen molar-refractivity contribution < 1.29 is 19.4 Å². The number of anilines is 1. The van der Waals surface area contributed by atoms with E-state index >= 15 is 0 Å². The maximum Gasteiger partial charge on any atom is 0.256 e. The number of nitrogens with one attached hydrogen (secondary N) is 1. The molecule has 0 spiro atoms. The highest BCUT2D eigenvalue weighted by Crippen LogP contribution is 2.23. The van der Waals surface area contributed by atoms with Crippen molar-refractivity contribution in [3.05, 3.63) is 52.8 Å². The molecule has 2 rings (SSSR count). The van der Waals surface area contributed by atoms with E-state index in [1.54, 1.807) is 0 Å². The fraction of sp³-hybridized carbons (Fsp3) is 0. The zero-order valence-corrected chi connectivity index (χ0v) is 10.3. The molecule has 0 atom stereocenters. The summed E-state index contributed by atoms with van der Waals surface area (Å²) in [6.45, 7) is 0. The van der Waals surface area contributed by atoms with Crippen LogP contribution in [0.5, 0.6) is 11.5 Å². The minimum Gasteiger partial charge on any atom is -0.508 e. The van der Waals surface area contributed by atoms with Crippen LogP contribution in [0.3, 0.4) is 0 Å².